The molecular formula is C11H8N4. The molecule has 3 aromatic rings. The van der Waals surface area contributed by atoms with Crippen molar-refractivity contribution in [3.8, 4) is 11.4 Å². The van der Waals surface area contributed by atoms with E-state index in [0.717, 1.165) is 17.0 Å². The molecule has 0 bridgehead atoms. The Bertz CT molecular complexity index is 586. The first-order chi connectivity index (χ1) is 7.43. The van der Waals surface area contributed by atoms with Crippen LogP contribution in [0.2, 0.25) is 0 Å². The van der Waals surface area contributed by atoms with E-state index in [-0.39, 0.29) is 0 Å². The van der Waals surface area contributed by atoms with Crippen LogP contribution in [0.4, 0.5) is 0 Å². The van der Waals surface area contributed by atoms with Crippen LogP contribution in [0.25, 0.3) is 17.0 Å². The van der Waals surface area contributed by atoms with Gasteiger partial charge in [-0.2, -0.15) is 5.10 Å². The summed E-state index contributed by atoms with van der Waals surface area (Å²) in [7, 11) is 0. The van der Waals surface area contributed by atoms with Crippen LogP contribution in [0.15, 0.2) is 48.9 Å². The van der Waals surface area contributed by atoms with E-state index < -0.39 is 0 Å². The number of fused-ring (bicyclic) bond motifs is 1. The van der Waals surface area contributed by atoms with Crippen LogP contribution in [0, 0.1) is 0 Å². The van der Waals surface area contributed by atoms with E-state index >= 15 is 0 Å². The number of nitrogens with zero attached hydrogens (tertiary/aromatic N) is 4. The fraction of sp³-hybridized carbons (Fsp3) is 0. The van der Waals surface area contributed by atoms with Crippen molar-refractivity contribution < 1.29 is 0 Å². The van der Waals surface area contributed by atoms with Crippen LogP contribution >= 0.6 is 0 Å². The zero-order chi connectivity index (χ0) is 10.1. The summed E-state index contributed by atoms with van der Waals surface area (Å²) in [5.74, 6) is 0.726. The molecule has 0 saturated carbocycles. The summed E-state index contributed by atoms with van der Waals surface area (Å²) >= 11 is 0. The minimum absolute atomic E-state index is 0.726. The van der Waals surface area contributed by atoms with Gasteiger partial charge in [0.2, 0.25) is 0 Å². The first-order valence-electron chi connectivity index (χ1n) is 4.65. The standard InChI is InChI=1S/C11H8N4/c1-2-4-9(5-3-1)11-12-8-15-10(14-11)6-7-13-15/h1-8H. The van der Waals surface area contributed by atoms with Crippen molar-refractivity contribution in [2.75, 3.05) is 0 Å². The van der Waals surface area contributed by atoms with Crippen molar-refractivity contribution >= 4 is 5.65 Å². The molecule has 0 atom stereocenters. The van der Waals surface area contributed by atoms with Gasteiger partial charge in [-0.05, 0) is 0 Å². The summed E-state index contributed by atoms with van der Waals surface area (Å²) in [4.78, 5) is 8.63. The zero-order valence-electron chi connectivity index (χ0n) is 7.91. The van der Waals surface area contributed by atoms with Crippen molar-refractivity contribution in [1.82, 2.24) is 19.6 Å². The fourth-order valence-corrected chi connectivity index (χ4v) is 1.46. The highest BCUT2D eigenvalue weighted by Gasteiger charge is 2.01. The molecule has 0 unspecified atom stereocenters. The molecule has 0 saturated heterocycles. The second-order valence-corrected chi connectivity index (χ2v) is 3.18. The monoisotopic (exact) mass is 196 g/mol. The highest BCUT2D eigenvalue weighted by Crippen LogP contribution is 2.13. The Morgan fingerprint density at radius 2 is 1.87 bits per heavy atom. The summed E-state index contributed by atoms with van der Waals surface area (Å²) in [6, 6.07) is 11.7. The van der Waals surface area contributed by atoms with Crippen LogP contribution in [0.1, 0.15) is 0 Å². The first-order valence-corrected chi connectivity index (χ1v) is 4.65. The molecule has 0 amide bonds. The van der Waals surface area contributed by atoms with E-state index in [4.69, 9.17) is 0 Å². The second kappa shape index (κ2) is 3.16. The predicted octanol–water partition coefficient (Wildman–Crippen LogP) is 1.79. The minimum atomic E-state index is 0.726. The van der Waals surface area contributed by atoms with Gasteiger partial charge in [0.1, 0.15) is 6.33 Å². The Hall–Kier alpha value is -2.23. The van der Waals surface area contributed by atoms with E-state index in [1.165, 1.54) is 0 Å². The van der Waals surface area contributed by atoms with E-state index in [2.05, 4.69) is 15.1 Å². The second-order valence-electron chi connectivity index (χ2n) is 3.18. The van der Waals surface area contributed by atoms with Gasteiger partial charge in [-0.25, -0.2) is 14.5 Å². The SMILES string of the molecule is c1ccc(-c2ncn3nccc3n2)cc1. The van der Waals surface area contributed by atoms with E-state index in [1.54, 1.807) is 17.0 Å². The molecule has 4 nitrogen and oxygen atoms in total. The van der Waals surface area contributed by atoms with Gasteiger partial charge in [-0.3, -0.25) is 0 Å². The number of benzene rings is 1. The molecule has 0 radical (unpaired) electrons. The largest absolute Gasteiger partial charge is 0.216 e. The van der Waals surface area contributed by atoms with E-state index in [9.17, 15) is 0 Å². The van der Waals surface area contributed by atoms with Crippen molar-refractivity contribution in [1.29, 1.82) is 0 Å². The van der Waals surface area contributed by atoms with Crippen LogP contribution in [0.5, 0.6) is 0 Å². The Morgan fingerprint density at radius 3 is 2.73 bits per heavy atom. The summed E-state index contributed by atoms with van der Waals surface area (Å²) in [6.45, 7) is 0. The topological polar surface area (TPSA) is 43.1 Å². The molecule has 0 aliphatic heterocycles. The zero-order valence-corrected chi connectivity index (χ0v) is 7.91. The number of aromatic nitrogens is 4. The average molecular weight is 196 g/mol. The molecule has 15 heavy (non-hydrogen) atoms. The van der Waals surface area contributed by atoms with Crippen molar-refractivity contribution in [2.45, 2.75) is 0 Å². The molecule has 2 heterocycles. The fourth-order valence-electron chi connectivity index (χ4n) is 1.46. The maximum absolute atomic E-state index is 4.39. The van der Waals surface area contributed by atoms with Gasteiger partial charge in [0.15, 0.2) is 11.5 Å². The predicted molar refractivity (Wildman–Crippen MR) is 56.2 cm³/mol. The Balaban J connectivity index is 2.19. The van der Waals surface area contributed by atoms with Crippen LogP contribution in [-0.2, 0) is 0 Å². The lowest BCUT2D eigenvalue weighted by atomic mass is 10.2. The maximum Gasteiger partial charge on any atom is 0.163 e. The molecule has 3 rings (SSSR count). The van der Waals surface area contributed by atoms with Gasteiger partial charge >= 0.3 is 0 Å². The quantitative estimate of drug-likeness (QED) is 0.596. The van der Waals surface area contributed by atoms with Crippen LogP contribution in [-0.4, -0.2) is 19.6 Å². The maximum atomic E-state index is 4.39. The first kappa shape index (κ1) is 8.11. The third-order valence-corrected chi connectivity index (χ3v) is 2.19. The van der Waals surface area contributed by atoms with Crippen molar-refractivity contribution in [2.24, 2.45) is 0 Å². The average Bonchev–Trinajstić information content (AvgIpc) is 2.77. The molecule has 0 spiro atoms. The third-order valence-electron chi connectivity index (χ3n) is 2.19. The van der Waals surface area contributed by atoms with Gasteiger partial charge in [-0.15, -0.1) is 0 Å². The van der Waals surface area contributed by atoms with Gasteiger partial charge in [0.25, 0.3) is 0 Å². The van der Waals surface area contributed by atoms with Crippen molar-refractivity contribution in [3.05, 3.63) is 48.9 Å². The molecule has 0 fully saturated rings. The van der Waals surface area contributed by atoms with Crippen molar-refractivity contribution in [3.63, 3.8) is 0 Å². The highest BCUT2D eigenvalue weighted by atomic mass is 15.3. The van der Waals surface area contributed by atoms with Gasteiger partial charge in [0, 0.05) is 11.6 Å². The lowest BCUT2D eigenvalue weighted by Crippen LogP contribution is -1.95. The molecule has 4 heteroatoms. The summed E-state index contributed by atoms with van der Waals surface area (Å²) in [5, 5.41) is 4.05. The smallest absolute Gasteiger partial charge is 0.163 e. The van der Waals surface area contributed by atoms with Crippen LogP contribution < -0.4 is 0 Å². The minimum Gasteiger partial charge on any atom is -0.216 e. The Morgan fingerprint density at radius 1 is 1.00 bits per heavy atom. The third kappa shape index (κ3) is 1.36. The van der Waals surface area contributed by atoms with E-state index in [1.807, 2.05) is 36.4 Å². The summed E-state index contributed by atoms with van der Waals surface area (Å²) in [5.41, 5.74) is 1.82. The number of rotatable bonds is 1. The normalized spacial score (nSPS) is 10.7. The van der Waals surface area contributed by atoms with Gasteiger partial charge in [-0.1, -0.05) is 30.3 Å². The molecular weight excluding hydrogens is 188 g/mol. The summed E-state index contributed by atoms with van der Waals surface area (Å²) < 4.78 is 1.65. The van der Waals surface area contributed by atoms with Gasteiger partial charge < -0.3 is 0 Å². The Labute approximate surface area is 86.2 Å². The molecule has 2 aromatic heterocycles. The lowest BCUT2D eigenvalue weighted by Gasteiger charge is -1.99. The van der Waals surface area contributed by atoms with Crippen LogP contribution in [0.3, 0.4) is 0 Å². The molecule has 0 aliphatic rings. The van der Waals surface area contributed by atoms with Gasteiger partial charge in [0.05, 0.1) is 6.20 Å². The molecule has 0 N–H and O–H groups in total. The Kier molecular flexibility index (Phi) is 1.71. The number of hydrogen-bond donors (Lipinski definition) is 0. The summed E-state index contributed by atoms with van der Waals surface area (Å²) in [6.07, 6.45) is 3.38. The molecule has 72 valence electrons. The highest BCUT2D eigenvalue weighted by molar-refractivity contribution is 5.56. The lowest BCUT2D eigenvalue weighted by molar-refractivity contribution is 0.895. The van der Waals surface area contributed by atoms with E-state index in [0.29, 0.717) is 0 Å². The number of hydrogen-bond acceptors (Lipinski definition) is 3. The molecule has 0 aliphatic carbocycles. The molecule has 1 aromatic carbocycles.